The van der Waals surface area contributed by atoms with Gasteiger partial charge in [0.25, 0.3) is 0 Å². The van der Waals surface area contributed by atoms with Gasteiger partial charge in [-0.1, -0.05) is 119 Å². The van der Waals surface area contributed by atoms with E-state index in [4.69, 9.17) is 0 Å². The molecule has 4 aromatic rings. The summed E-state index contributed by atoms with van der Waals surface area (Å²) in [5.74, 6) is 0.996. The smallest absolute Gasteiger partial charge is 0.507 e. The van der Waals surface area contributed by atoms with Crippen LogP contribution in [-0.4, -0.2) is 90.1 Å². The van der Waals surface area contributed by atoms with E-state index in [-0.39, 0.29) is 60.6 Å². The van der Waals surface area contributed by atoms with Gasteiger partial charge in [-0.3, -0.25) is 29.6 Å². The first-order valence-corrected chi connectivity index (χ1v) is 27.7. The average Bonchev–Trinajstić information content (AvgIpc) is 4.18. The summed E-state index contributed by atoms with van der Waals surface area (Å²) < 4.78 is 0. The summed E-state index contributed by atoms with van der Waals surface area (Å²) in [7, 11) is 0. The number of hydrogen-bond donors (Lipinski definition) is 2. The van der Waals surface area contributed by atoms with Crippen molar-refractivity contribution in [1.29, 1.82) is 0 Å². The molecule has 0 radical (unpaired) electrons. The second-order valence-corrected chi connectivity index (χ2v) is 24.4. The maximum absolute atomic E-state index is 11.3. The van der Waals surface area contributed by atoms with Crippen LogP contribution in [0.1, 0.15) is 200 Å². The van der Waals surface area contributed by atoms with Gasteiger partial charge in [-0.05, 0) is 146 Å². The van der Waals surface area contributed by atoms with Crippen molar-refractivity contribution in [3.63, 3.8) is 0 Å². The van der Waals surface area contributed by atoms with E-state index in [1.165, 1.54) is 73.9 Å². The minimum Gasteiger partial charge on any atom is -0.507 e. The predicted molar refractivity (Wildman–Crippen MR) is 306 cm³/mol. The molecule has 0 bridgehead atoms. The number of aromatic nitrogens is 2. The van der Waals surface area contributed by atoms with E-state index >= 15 is 0 Å². The molecule has 4 aliphatic heterocycles. The Morgan fingerprint density at radius 3 is 0.973 bits per heavy atom. The van der Waals surface area contributed by atoms with Gasteiger partial charge in [-0.15, -0.1) is 0 Å². The second kappa shape index (κ2) is 30.5. The van der Waals surface area contributed by atoms with Gasteiger partial charge in [-0.25, -0.2) is 0 Å². The molecule has 0 aliphatic carbocycles. The summed E-state index contributed by atoms with van der Waals surface area (Å²) in [6.07, 6.45) is 13.8. The molecule has 0 saturated carbocycles. The van der Waals surface area contributed by atoms with Crippen molar-refractivity contribution in [2.45, 2.75) is 227 Å². The first-order valence-electron chi connectivity index (χ1n) is 27.7. The first-order chi connectivity index (χ1) is 34.1. The zero-order chi connectivity index (χ0) is 53.6. The van der Waals surface area contributed by atoms with Gasteiger partial charge in [0.15, 0.2) is 0 Å². The largest absolute Gasteiger partial charge is 2.00 e. The van der Waals surface area contributed by atoms with E-state index in [1.54, 1.807) is 20.8 Å². The molecular weight excluding hydrogens is 1020 g/mol. The van der Waals surface area contributed by atoms with Crippen molar-refractivity contribution in [2.24, 2.45) is 0 Å². The predicted octanol–water partition coefficient (Wildman–Crippen LogP) is 14.5. The zero-order valence-electron chi connectivity index (χ0n) is 49.7. The number of aromatic hydroxyl groups is 2. The molecule has 0 amide bonds. The van der Waals surface area contributed by atoms with E-state index in [9.17, 15) is 10.2 Å². The van der Waals surface area contributed by atoms with Gasteiger partial charge in [0, 0.05) is 93.3 Å². The molecule has 4 unspecified atom stereocenters. The summed E-state index contributed by atoms with van der Waals surface area (Å²) in [5, 5.41) is 22.7. The Labute approximate surface area is 479 Å². The standard InChI is InChI=1S/2C29H43N3O.3C2H5.2Zn/c2*1-28(2,3)22-17-21(27(33)24(18-22)29(4,5)6)19-31-15-9-12-25(31)26-13-10-16-32(26)20-23-11-7-8-14-30-23;3*1-2;;/h2*7-8,11,14,17-18,25-26,33H,9-10,12-13,15-16,19-20H2,1-6H3;3*1H2,2H3;;/q;;3*-1;;+2. The van der Waals surface area contributed by atoms with Crippen LogP contribution in [0.25, 0.3) is 0 Å². The normalized spacial score (nSPS) is 20.6. The molecule has 404 valence electrons. The van der Waals surface area contributed by atoms with Gasteiger partial charge < -0.3 is 31.0 Å². The van der Waals surface area contributed by atoms with Crippen LogP contribution >= 0.6 is 0 Å². The fraction of sp³-hybridized carbons (Fsp3) is 0.609. The Morgan fingerprint density at radius 1 is 0.446 bits per heavy atom. The second-order valence-electron chi connectivity index (χ2n) is 24.4. The Balaban J connectivity index is 0.000000449. The van der Waals surface area contributed by atoms with Crippen molar-refractivity contribution in [1.82, 2.24) is 29.6 Å². The topological polar surface area (TPSA) is 79.2 Å². The van der Waals surface area contributed by atoms with E-state index in [2.05, 4.69) is 182 Å². The zero-order valence-corrected chi connectivity index (χ0v) is 55.6. The minimum absolute atomic E-state index is 0. The molecule has 2 N–H and O–H groups in total. The van der Waals surface area contributed by atoms with Crippen LogP contribution in [0, 0.1) is 20.8 Å². The summed E-state index contributed by atoms with van der Waals surface area (Å²) in [6, 6.07) is 23.7. The molecule has 4 fully saturated rings. The van der Waals surface area contributed by atoms with Crippen LogP contribution in [0.2, 0.25) is 0 Å². The number of phenols is 2. The summed E-state index contributed by atoms with van der Waals surface area (Å²) in [4.78, 5) is 19.8. The minimum atomic E-state index is -0.0879. The van der Waals surface area contributed by atoms with Crippen LogP contribution in [0.15, 0.2) is 73.1 Å². The monoisotopic (exact) mass is 1110 g/mol. The van der Waals surface area contributed by atoms with Crippen molar-refractivity contribution in [3.8, 4) is 11.5 Å². The molecule has 4 aliphatic rings. The first kappa shape index (κ1) is 67.5. The van der Waals surface area contributed by atoms with Crippen molar-refractivity contribution in [2.75, 3.05) is 26.2 Å². The fourth-order valence-corrected chi connectivity index (χ4v) is 11.4. The molecule has 2 aromatic heterocycles. The molecule has 2 aromatic carbocycles. The van der Waals surface area contributed by atoms with Crippen molar-refractivity contribution < 1.29 is 49.2 Å². The van der Waals surface area contributed by atoms with Gasteiger partial charge >= 0.3 is 19.5 Å². The van der Waals surface area contributed by atoms with Crippen molar-refractivity contribution in [3.05, 3.63) is 139 Å². The van der Waals surface area contributed by atoms with Gasteiger partial charge in [0.2, 0.25) is 0 Å². The Bertz CT molecular complexity index is 2050. The molecule has 4 atom stereocenters. The summed E-state index contributed by atoms with van der Waals surface area (Å²) >= 11 is 0. The van der Waals surface area contributed by atoms with Gasteiger partial charge in [-0.2, -0.15) is 20.8 Å². The summed E-state index contributed by atoms with van der Waals surface area (Å²) in [6.45, 7) is 49.9. The van der Waals surface area contributed by atoms with E-state index in [0.29, 0.717) is 35.7 Å². The molecule has 10 heteroatoms. The number of likely N-dealkylation sites (tertiary alicyclic amines) is 4. The summed E-state index contributed by atoms with van der Waals surface area (Å²) in [5.41, 5.74) is 9.21. The number of benzene rings is 2. The number of hydrogen-bond acceptors (Lipinski definition) is 8. The molecule has 4 saturated heterocycles. The number of nitrogens with zero attached hydrogens (tertiary/aromatic N) is 6. The maximum Gasteiger partial charge on any atom is 2.00 e. The van der Waals surface area contributed by atoms with Gasteiger partial charge in [0.1, 0.15) is 11.5 Å². The fourth-order valence-electron chi connectivity index (χ4n) is 11.4. The third-order valence-electron chi connectivity index (χ3n) is 15.2. The number of phenolic OH excluding ortho intramolecular Hbond substituents is 2. The SMILES string of the molecule is CC(C)(C)c1cc(CN2CCCC2C2CCCN2Cc2ccccn2)c(O)c(C(C)(C)C)c1.CC(C)(C)c1cc(CN2CCCC2C2CCCN2Cc2ccccn2)c(O)c(C(C)(C)C)c1.[CH2-]C.[CH2-]C.[CH2-]C.[Zn+2].[Zn]. The molecule has 6 heterocycles. The van der Waals surface area contributed by atoms with Crippen molar-refractivity contribution >= 4 is 0 Å². The van der Waals surface area contributed by atoms with E-state index in [0.717, 1.165) is 74.6 Å². The van der Waals surface area contributed by atoms with Gasteiger partial charge in [0.05, 0.1) is 11.4 Å². The number of rotatable bonds is 10. The Morgan fingerprint density at radius 2 is 0.730 bits per heavy atom. The van der Waals surface area contributed by atoms with E-state index < -0.39 is 0 Å². The third-order valence-corrected chi connectivity index (χ3v) is 15.2. The van der Waals surface area contributed by atoms with Crippen LogP contribution in [0.5, 0.6) is 11.5 Å². The Hall–Kier alpha value is -2.57. The average molecular weight is 1120 g/mol. The van der Waals surface area contributed by atoms with Crippen LogP contribution < -0.4 is 0 Å². The Kier molecular flexibility index (Phi) is 27.9. The quantitative estimate of drug-likeness (QED) is 0.120. The molecular formula is C64H101N6O2Zn2-. The molecule has 74 heavy (non-hydrogen) atoms. The maximum atomic E-state index is 11.3. The van der Waals surface area contributed by atoms with Crippen LogP contribution in [0.4, 0.5) is 0 Å². The number of pyridine rings is 2. The van der Waals surface area contributed by atoms with Crippen LogP contribution in [0.3, 0.4) is 0 Å². The van der Waals surface area contributed by atoms with Crippen LogP contribution in [-0.2, 0) is 86.8 Å². The molecule has 8 rings (SSSR count). The third kappa shape index (κ3) is 18.3. The molecule has 8 nitrogen and oxygen atoms in total. The molecule has 0 spiro atoms. The van der Waals surface area contributed by atoms with E-state index in [1.807, 2.05) is 24.5 Å².